The lowest BCUT2D eigenvalue weighted by Gasteiger charge is -2.10. The van der Waals surface area contributed by atoms with Gasteiger partial charge in [-0.3, -0.25) is 9.52 Å². The molecular weight excluding hydrogens is 396 g/mol. The molecule has 2 rings (SSSR count). The molecule has 2 aromatic rings. The summed E-state index contributed by atoms with van der Waals surface area (Å²) in [6, 6.07) is 12.4. The molecule has 0 aliphatic heterocycles. The highest BCUT2D eigenvalue weighted by Gasteiger charge is 2.14. The van der Waals surface area contributed by atoms with Gasteiger partial charge in [-0.2, -0.15) is 0 Å². The Morgan fingerprint density at radius 3 is 2.28 bits per heavy atom. The average molecular weight is 423 g/mol. The first-order valence-corrected chi connectivity index (χ1v) is 10.7. The number of carbonyl (C=O) groups excluding carboxylic acids is 1. The summed E-state index contributed by atoms with van der Waals surface area (Å²) in [6.07, 6.45) is 0.729. The van der Waals surface area contributed by atoms with Gasteiger partial charge in [0.15, 0.2) is 6.61 Å². The highest BCUT2D eigenvalue weighted by molar-refractivity contribution is 7.92. The first-order chi connectivity index (χ1) is 13.9. The predicted octanol–water partition coefficient (Wildman–Crippen LogP) is 2.42. The van der Waals surface area contributed by atoms with Crippen molar-refractivity contribution < 1.29 is 27.4 Å². The van der Waals surface area contributed by atoms with Gasteiger partial charge in [0.1, 0.15) is 11.5 Å². The SMILES string of the molecule is CCOCCCNC(=O)COc1ccc(S(=O)(=O)Nc2ccc(OC)cc2)cc1. The molecule has 0 unspecified atom stereocenters. The molecule has 8 nitrogen and oxygen atoms in total. The summed E-state index contributed by atoms with van der Waals surface area (Å²) >= 11 is 0. The van der Waals surface area contributed by atoms with Crippen molar-refractivity contribution >= 4 is 21.6 Å². The summed E-state index contributed by atoms with van der Waals surface area (Å²) < 4.78 is 43.1. The topological polar surface area (TPSA) is 103 Å². The van der Waals surface area contributed by atoms with E-state index in [2.05, 4.69) is 10.0 Å². The molecule has 9 heteroatoms. The molecule has 1 amide bonds. The minimum Gasteiger partial charge on any atom is -0.497 e. The van der Waals surface area contributed by atoms with Crippen LogP contribution in [-0.2, 0) is 19.6 Å². The van der Waals surface area contributed by atoms with Crippen molar-refractivity contribution in [1.82, 2.24) is 5.32 Å². The van der Waals surface area contributed by atoms with Crippen molar-refractivity contribution in [2.75, 3.05) is 38.2 Å². The van der Waals surface area contributed by atoms with Gasteiger partial charge in [0.05, 0.1) is 12.0 Å². The van der Waals surface area contributed by atoms with Crippen LogP contribution in [0.3, 0.4) is 0 Å². The van der Waals surface area contributed by atoms with E-state index in [4.69, 9.17) is 14.2 Å². The number of amides is 1. The zero-order chi connectivity index (χ0) is 21.1. The predicted molar refractivity (Wildman–Crippen MR) is 110 cm³/mol. The second-order valence-corrected chi connectivity index (χ2v) is 7.68. The lowest BCUT2D eigenvalue weighted by Crippen LogP contribution is -2.30. The standard InChI is InChI=1S/C20H26N2O6S/c1-3-27-14-4-13-21-20(23)15-28-18-9-11-19(12-10-18)29(24,25)22-16-5-7-17(26-2)8-6-16/h5-12,22H,3-4,13-15H2,1-2H3,(H,21,23). The minimum absolute atomic E-state index is 0.0843. The molecule has 2 aromatic carbocycles. The van der Waals surface area contributed by atoms with Gasteiger partial charge >= 0.3 is 0 Å². The first-order valence-electron chi connectivity index (χ1n) is 9.19. The number of hydrogen-bond donors (Lipinski definition) is 2. The van der Waals surface area contributed by atoms with E-state index < -0.39 is 10.0 Å². The summed E-state index contributed by atoms with van der Waals surface area (Å²) in [5, 5.41) is 2.72. The monoisotopic (exact) mass is 422 g/mol. The van der Waals surface area contributed by atoms with Crippen LogP contribution in [0.4, 0.5) is 5.69 Å². The Kier molecular flexibility index (Phi) is 8.75. The van der Waals surface area contributed by atoms with E-state index in [9.17, 15) is 13.2 Å². The summed E-state index contributed by atoms with van der Waals surface area (Å²) in [6.45, 7) is 3.52. The van der Waals surface area contributed by atoms with Crippen molar-refractivity contribution in [3.05, 3.63) is 48.5 Å². The van der Waals surface area contributed by atoms with Crippen LogP contribution in [0.5, 0.6) is 11.5 Å². The fourth-order valence-corrected chi connectivity index (χ4v) is 3.39. The first kappa shape index (κ1) is 22.5. The number of nitrogens with one attached hydrogen (secondary N) is 2. The minimum atomic E-state index is -3.74. The Bertz CT molecular complexity index is 867. The van der Waals surface area contributed by atoms with E-state index in [0.29, 0.717) is 36.9 Å². The van der Waals surface area contributed by atoms with Crippen molar-refractivity contribution in [2.24, 2.45) is 0 Å². The van der Waals surface area contributed by atoms with E-state index in [0.717, 1.165) is 6.42 Å². The summed E-state index contributed by atoms with van der Waals surface area (Å²) in [5.74, 6) is 0.782. The molecule has 0 radical (unpaired) electrons. The Labute approximate surface area is 171 Å². The van der Waals surface area contributed by atoms with E-state index in [-0.39, 0.29) is 17.4 Å². The van der Waals surface area contributed by atoms with Crippen molar-refractivity contribution in [3.8, 4) is 11.5 Å². The van der Waals surface area contributed by atoms with Crippen molar-refractivity contribution in [2.45, 2.75) is 18.2 Å². The molecule has 0 saturated heterocycles. The zero-order valence-electron chi connectivity index (χ0n) is 16.5. The maximum absolute atomic E-state index is 12.5. The van der Waals surface area contributed by atoms with E-state index in [1.807, 2.05) is 6.92 Å². The van der Waals surface area contributed by atoms with Gasteiger partial charge in [-0.05, 0) is 61.9 Å². The Morgan fingerprint density at radius 2 is 1.66 bits per heavy atom. The summed E-state index contributed by atoms with van der Waals surface area (Å²) in [4.78, 5) is 11.8. The zero-order valence-corrected chi connectivity index (χ0v) is 17.3. The third-order valence-corrected chi connectivity index (χ3v) is 5.24. The maximum atomic E-state index is 12.5. The van der Waals surface area contributed by atoms with Gasteiger partial charge in [0, 0.05) is 25.4 Å². The van der Waals surface area contributed by atoms with Gasteiger partial charge in [-0.15, -0.1) is 0 Å². The van der Waals surface area contributed by atoms with Crippen LogP contribution >= 0.6 is 0 Å². The molecule has 2 N–H and O–H groups in total. The van der Waals surface area contributed by atoms with Gasteiger partial charge < -0.3 is 19.5 Å². The highest BCUT2D eigenvalue weighted by atomic mass is 32.2. The van der Waals surface area contributed by atoms with Crippen LogP contribution in [0, 0.1) is 0 Å². The Morgan fingerprint density at radius 1 is 1.00 bits per heavy atom. The van der Waals surface area contributed by atoms with Crippen molar-refractivity contribution in [3.63, 3.8) is 0 Å². The number of carbonyl (C=O) groups is 1. The smallest absolute Gasteiger partial charge is 0.261 e. The molecule has 0 fully saturated rings. The van der Waals surface area contributed by atoms with Gasteiger partial charge in [0.2, 0.25) is 0 Å². The number of ether oxygens (including phenoxy) is 3. The fraction of sp³-hybridized carbons (Fsp3) is 0.350. The van der Waals surface area contributed by atoms with E-state index in [1.165, 1.54) is 31.4 Å². The third-order valence-electron chi connectivity index (χ3n) is 3.84. The van der Waals surface area contributed by atoms with Gasteiger partial charge in [-0.25, -0.2) is 8.42 Å². The van der Waals surface area contributed by atoms with E-state index >= 15 is 0 Å². The second kappa shape index (κ2) is 11.3. The molecule has 158 valence electrons. The second-order valence-electron chi connectivity index (χ2n) is 5.99. The van der Waals surface area contributed by atoms with Crippen LogP contribution in [0.15, 0.2) is 53.4 Å². The van der Waals surface area contributed by atoms with Crippen LogP contribution < -0.4 is 19.5 Å². The molecule has 0 aliphatic carbocycles. The summed E-state index contributed by atoms with van der Waals surface area (Å²) in [7, 11) is -2.20. The third kappa shape index (κ3) is 7.63. The van der Waals surface area contributed by atoms with Crippen LogP contribution in [0.25, 0.3) is 0 Å². The molecule has 0 aliphatic rings. The average Bonchev–Trinajstić information content (AvgIpc) is 2.72. The van der Waals surface area contributed by atoms with Gasteiger partial charge in [0.25, 0.3) is 15.9 Å². The Balaban J connectivity index is 1.84. The summed E-state index contributed by atoms with van der Waals surface area (Å²) in [5.41, 5.74) is 0.423. The molecule has 0 bridgehead atoms. The lowest BCUT2D eigenvalue weighted by molar-refractivity contribution is -0.123. The van der Waals surface area contributed by atoms with Crippen LogP contribution in [0.1, 0.15) is 13.3 Å². The Hall–Kier alpha value is -2.78. The normalized spacial score (nSPS) is 11.0. The molecule has 0 saturated carbocycles. The lowest BCUT2D eigenvalue weighted by atomic mass is 10.3. The van der Waals surface area contributed by atoms with E-state index in [1.54, 1.807) is 24.3 Å². The maximum Gasteiger partial charge on any atom is 0.261 e. The largest absolute Gasteiger partial charge is 0.497 e. The fourth-order valence-electron chi connectivity index (χ4n) is 2.33. The number of rotatable bonds is 12. The number of benzene rings is 2. The molecule has 0 atom stereocenters. The number of methoxy groups -OCH3 is 1. The molecule has 0 heterocycles. The quantitative estimate of drug-likeness (QED) is 0.509. The van der Waals surface area contributed by atoms with Crippen LogP contribution in [0.2, 0.25) is 0 Å². The molecule has 0 spiro atoms. The molecule has 0 aromatic heterocycles. The number of hydrogen-bond acceptors (Lipinski definition) is 6. The van der Waals surface area contributed by atoms with Crippen LogP contribution in [-0.4, -0.2) is 47.8 Å². The highest BCUT2D eigenvalue weighted by Crippen LogP contribution is 2.21. The molecule has 29 heavy (non-hydrogen) atoms. The van der Waals surface area contributed by atoms with Gasteiger partial charge in [-0.1, -0.05) is 0 Å². The van der Waals surface area contributed by atoms with Crippen molar-refractivity contribution in [1.29, 1.82) is 0 Å². The number of anilines is 1. The molecular formula is C20H26N2O6S. The number of sulfonamides is 1.